The van der Waals surface area contributed by atoms with Gasteiger partial charge in [-0.1, -0.05) is 12.1 Å². The predicted octanol–water partition coefficient (Wildman–Crippen LogP) is 1.82. The van der Waals surface area contributed by atoms with E-state index in [2.05, 4.69) is 15.5 Å². The molecule has 2 aromatic rings. The fourth-order valence-electron chi connectivity index (χ4n) is 2.45. The van der Waals surface area contributed by atoms with Crippen LogP contribution in [-0.4, -0.2) is 41.9 Å². The first-order valence-corrected chi connectivity index (χ1v) is 8.55. The molecular weight excluding hydrogens is 338 g/mol. The molecule has 0 aliphatic carbocycles. The van der Waals surface area contributed by atoms with Crippen molar-refractivity contribution in [1.29, 1.82) is 0 Å². The third kappa shape index (κ3) is 5.45. The number of nitrogens with zero attached hydrogens (tertiary/aromatic N) is 2. The summed E-state index contributed by atoms with van der Waals surface area (Å²) >= 11 is 0. The van der Waals surface area contributed by atoms with Crippen molar-refractivity contribution in [3.05, 3.63) is 35.5 Å². The average molecular weight is 363 g/mol. The van der Waals surface area contributed by atoms with Gasteiger partial charge in [-0.25, -0.2) is 0 Å². The van der Waals surface area contributed by atoms with Gasteiger partial charge < -0.3 is 24.4 Å². The van der Waals surface area contributed by atoms with Crippen molar-refractivity contribution in [1.82, 2.24) is 15.5 Å². The summed E-state index contributed by atoms with van der Waals surface area (Å²) in [7, 11) is 3.07. The van der Waals surface area contributed by atoms with Crippen LogP contribution in [0.2, 0.25) is 0 Å². The molecule has 1 aromatic heterocycles. The topological polar surface area (TPSA) is 107 Å². The number of rotatable bonds is 10. The monoisotopic (exact) mass is 363 g/mol. The summed E-state index contributed by atoms with van der Waals surface area (Å²) in [6.07, 6.45) is 1.34. The minimum atomic E-state index is -0.913. The number of aliphatic hydroxyl groups is 1. The van der Waals surface area contributed by atoms with Crippen LogP contribution < -0.4 is 14.8 Å². The zero-order valence-corrected chi connectivity index (χ0v) is 15.3. The van der Waals surface area contributed by atoms with Crippen molar-refractivity contribution in [3.8, 4) is 11.5 Å². The molecular formula is C18H25N3O5. The maximum atomic E-state index is 12.0. The van der Waals surface area contributed by atoms with E-state index in [0.29, 0.717) is 35.2 Å². The number of aliphatic hydroxyl groups excluding tert-OH is 1. The van der Waals surface area contributed by atoms with Crippen LogP contribution in [0.15, 0.2) is 22.7 Å². The molecule has 26 heavy (non-hydrogen) atoms. The molecule has 0 aliphatic rings. The molecule has 0 saturated heterocycles. The second-order valence-corrected chi connectivity index (χ2v) is 5.78. The zero-order valence-electron chi connectivity index (χ0n) is 15.3. The molecule has 142 valence electrons. The minimum Gasteiger partial charge on any atom is -0.497 e. The average Bonchev–Trinajstić information content (AvgIpc) is 3.11. The fourth-order valence-corrected chi connectivity index (χ4v) is 2.45. The Bertz CT molecular complexity index is 717. The first kappa shape index (κ1) is 19.7. The SMILES string of the molecule is CCCc1noc(CCC(=O)NCC(O)c2cc(OC)ccc2OC)n1. The molecule has 1 aromatic carbocycles. The van der Waals surface area contributed by atoms with Crippen LogP contribution in [-0.2, 0) is 17.6 Å². The van der Waals surface area contributed by atoms with Crippen LogP contribution in [0.3, 0.4) is 0 Å². The summed E-state index contributed by atoms with van der Waals surface area (Å²) in [6.45, 7) is 2.10. The number of carbonyl (C=O) groups is 1. The number of ether oxygens (including phenoxy) is 2. The van der Waals surface area contributed by atoms with Crippen LogP contribution >= 0.6 is 0 Å². The number of carbonyl (C=O) groups excluding carboxylic acids is 1. The summed E-state index contributed by atoms with van der Waals surface area (Å²) in [5.74, 6) is 2.02. The molecule has 0 radical (unpaired) electrons. The third-order valence-electron chi connectivity index (χ3n) is 3.84. The molecule has 0 spiro atoms. The fraction of sp³-hybridized carbons (Fsp3) is 0.500. The van der Waals surface area contributed by atoms with E-state index in [0.717, 1.165) is 12.8 Å². The number of hydrogen-bond acceptors (Lipinski definition) is 7. The summed E-state index contributed by atoms with van der Waals surface area (Å²) in [4.78, 5) is 16.2. The van der Waals surface area contributed by atoms with Gasteiger partial charge in [-0.2, -0.15) is 4.98 Å². The lowest BCUT2D eigenvalue weighted by molar-refractivity contribution is -0.121. The Labute approximate surface area is 152 Å². The highest BCUT2D eigenvalue weighted by Gasteiger charge is 2.16. The lowest BCUT2D eigenvalue weighted by Crippen LogP contribution is -2.28. The number of methoxy groups -OCH3 is 2. The molecule has 1 heterocycles. The second-order valence-electron chi connectivity index (χ2n) is 5.78. The van der Waals surface area contributed by atoms with Crippen molar-refractivity contribution >= 4 is 5.91 Å². The van der Waals surface area contributed by atoms with E-state index >= 15 is 0 Å². The van der Waals surface area contributed by atoms with Crippen molar-refractivity contribution < 1.29 is 23.9 Å². The van der Waals surface area contributed by atoms with Crippen molar-refractivity contribution in [2.75, 3.05) is 20.8 Å². The van der Waals surface area contributed by atoms with Gasteiger partial charge in [-0.15, -0.1) is 0 Å². The van der Waals surface area contributed by atoms with Crippen LogP contribution in [0.25, 0.3) is 0 Å². The van der Waals surface area contributed by atoms with Gasteiger partial charge in [0.05, 0.1) is 20.3 Å². The maximum Gasteiger partial charge on any atom is 0.227 e. The van der Waals surface area contributed by atoms with Gasteiger partial charge >= 0.3 is 0 Å². The van der Waals surface area contributed by atoms with Crippen molar-refractivity contribution in [3.63, 3.8) is 0 Å². The number of aromatic nitrogens is 2. The normalized spacial score (nSPS) is 11.8. The van der Waals surface area contributed by atoms with Crippen molar-refractivity contribution in [2.45, 2.75) is 38.7 Å². The first-order valence-electron chi connectivity index (χ1n) is 8.55. The van der Waals surface area contributed by atoms with Crippen LogP contribution in [0.1, 0.15) is 43.1 Å². The lowest BCUT2D eigenvalue weighted by Gasteiger charge is -2.16. The molecule has 8 nitrogen and oxygen atoms in total. The molecule has 0 fully saturated rings. The van der Waals surface area contributed by atoms with Gasteiger partial charge in [0.15, 0.2) is 5.82 Å². The van der Waals surface area contributed by atoms with E-state index in [1.165, 1.54) is 7.11 Å². The summed E-state index contributed by atoms with van der Waals surface area (Å²) < 4.78 is 15.5. The zero-order chi connectivity index (χ0) is 18.9. The second kappa shape index (κ2) is 9.76. The number of nitrogens with one attached hydrogen (secondary N) is 1. The van der Waals surface area contributed by atoms with E-state index in [9.17, 15) is 9.90 Å². The van der Waals surface area contributed by atoms with E-state index in [1.54, 1.807) is 25.3 Å². The summed E-state index contributed by atoms with van der Waals surface area (Å²) in [5, 5.41) is 16.9. The Morgan fingerprint density at radius 1 is 1.31 bits per heavy atom. The van der Waals surface area contributed by atoms with Gasteiger partial charge in [0, 0.05) is 31.4 Å². The Morgan fingerprint density at radius 3 is 2.81 bits per heavy atom. The molecule has 0 aliphatic heterocycles. The third-order valence-corrected chi connectivity index (χ3v) is 3.84. The lowest BCUT2D eigenvalue weighted by atomic mass is 10.1. The van der Waals surface area contributed by atoms with Gasteiger partial charge in [0.2, 0.25) is 11.8 Å². The molecule has 1 amide bonds. The molecule has 0 saturated carbocycles. The van der Waals surface area contributed by atoms with Gasteiger partial charge in [-0.3, -0.25) is 4.79 Å². The standard InChI is InChI=1S/C18H25N3O5/c1-4-5-16-20-18(26-21-16)9-8-17(23)19-11-14(22)13-10-12(24-2)6-7-15(13)25-3/h6-7,10,14,22H,4-5,8-9,11H2,1-3H3,(H,19,23). The Morgan fingerprint density at radius 2 is 2.12 bits per heavy atom. The molecule has 1 unspecified atom stereocenters. The number of aryl methyl sites for hydroxylation is 2. The van der Waals surface area contributed by atoms with Gasteiger partial charge in [-0.05, 0) is 24.6 Å². The molecule has 1 atom stereocenters. The molecule has 2 N–H and O–H groups in total. The molecule has 8 heteroatoms. The highest BCUT2D eigenvalue weighted by Crippen LogP contribution is 2.29. The quantitative estimate of drug-likeness (QED) is 0.663. The molecule has 0 bridgehead atoms. The summed E-state index contributed by atoms with van der Waals surface area (Å²) in [6, 6.07) is 5.14. The Kier molecular flexibility index (Phi) is 7.40. The van der Waals surface area contributed by atoms with Gasteiger partial charge in [0.1, 0.15) is 11.5 Å². The van der Waals surface area contributed by atoms with E-state index in [1.807, 2.05) is 6.92 Å². The number of benzene rings is 1. The van der Waals surface area contributed by atoms with Crippen LogP contribution in [0.4, 0.5) is 0 Å². The largest absolute Gasteiger partial charge is 0.497 e. The Hall–Kier alpha value is -2.61. The smallest absolute Gasteiger partial charge is 0.227 e. The van der Waals surface area contributed by atoms with Gasteiger partial charge in [0.25, 0.3) is 0 Å². The summed E-state index contributed by atoms with van der Waals surface area (Å²) in [5.41, 5.74) is 0.549. The van der Waals surface area contributed by atoms with Crippen LogP contribution in [0, 0.1) is 0 Å². The van der Waals surface area contributed by atoms with E-state index < -0.39 is 6.10 Å². The predicted molar refractivity (Wildman–Crippen MR) is 94.1 cm³/mol. The highest BCUT2D eigenvalue weighted by molar-refractivity contribution is 5.76. The van der Waals surface area contributed by atoms with Crippen LogP contribution in [0.5, 0.6) is 11.5 Å². The van der Waals surface area contributed by atoms with E-state index in [-0.39, 0.29) is 18.9 Å². The van der Waals surface area contributed by atoms with Crippen molar-refractivity contribution in [2.24, 2.45) is 0 Å². The first-order chi connectivity index (χ1) is 12.6. The highest BCUT2D eigenvalue weighted by atomic mass is 16.5. The number of hydrogen-bond donors (Lipinski definition) is 2. The molecule has 2 rings (SSSR count). The number of amides is 1. The Balaban J connectivity index is 1.84. The maximum absolute atomic E-state index is 12.0. The van der Waals surface area contributed by atoms with E-state index in [4.69, 9.17) is 14.0 Å². The minimum absolute atomic E-state index is 0.0628.